The molecule has 1 aliphatic rings. The van der Waals surface area contributed by atoms with Crippen LogP contribution in [0.3, 0.4) is 0 Å². The summed E-state index contributed by atoms with van der Waals surface area (Å²) in [6.45, 7) is 4.29. The Hall–Kier alpha value is -2.27. The molecule has 5 heteroatoms. The van der Waals surface area contributed by atoms with Crippen molar-refractivity contribution in [1.29, 1.82) is 0 Å². The number of aromatic hydroxyl groups is 1. The predicted molar refractivity (Wildman–Crippen MR) is 81.4 cm³/mol. The van der Waals surface area contributed by atoms with Gasteiger partial charge in [-0.25, -0.2) is 4.79 Å². The van der Waals surface area contributed by atoms with Crippen LogP contribution in [0, 0.1) is 0 Å². The Morgan fingerprint density at radius 3 is 2.64 bits per heavy atom. The van der Waals surface area contributed by atoms with Gasteiger partial charge in [0, 0.05) is 28.9 Å². The maximum absolute atomic E-state index is 12.2. The minimum Gasteiger partial charge on any atom is -0.506 e. The van der Waals surface area contributed by atoms with Crippen LogP contribution in [0.2, 0.25) is 0 Å². The first-order valence-electron chi connectivity index (χ1n) is 7.24. The Kier molecular flexibility index (Phi) is 3.66. The molecule has 22 heavy (non-hydrogen) atoms. The van der Waals surface area contributed by atoms with Crippen LogP contribution in [0.25, 0.3) is 10.8 Å². The molecular weight excluding hydrogens is 284 g/mol. The lowest BCUT2D eigenvalue weighted by Gasteiger charge is -2.15. The van der Waals surface area contributed by atoms with Gasteiger partial charge in [0.05, 0.1) is 7.11 Å². The highest BCUT2D eigenvalue weighted by molar-refractivity contribution is 6.06. The van der Waals surface area contributed by atoms with Crippen LogP contribution in [0.4, 0.5) is 0 Å². The summed E-state index contributed by atoms with van der Waals surface area (Å²) in [6, 6.07) is 7.27. The standard InChI is InChI=1S/C17H18O5/c1-4-21-17-9(2)12-13(16(19)20-3)14(18)10-7-5-6-8-11(10)15(12)22-17/h5-9,17-18H,4H2,1-3H3/t9-,17+/m1/s1. The summed E-state index contributed by atoms with van der Waals surface area (Å²) >= 11 is 0. The maximum Gasteiger partial charge on any atom is 0.342 e. The van der Waals surface area contributed by atoms with Gasteiger partial charge in [0.25, 0.3) is 0 Å². The van der Waals surface area contributed by atoms with Crippen molar-refractivity contribution < 1.29 is 24.1 Å². The number of phenolic OH excluding ortho intramolecular Hbond substituents is 1. The highest BCUT2D eigenvalue weighted by Gasteiger charge is 2.39. The number of phenols is 1. The topological polar surface area (TPSA) is 65.0 Å². The summed E-state index contributed by atoms with van der Waals surface area (Å²) in [5.41, 5.74) is 0.799. The van der Waals surface area contributed by atoms with Crippen molar-refractivity contribution >= 4 is 16.7 Å². The smallest absolute Gasteiger partial charge is 0.342 e. The molecule has 1 N–H and O–H groups in total. The van der Waals surface area contributed by atoms with Gasteiger partial charge in [-0.15, -0.1) is 0 Å². The number of hydrogen-bond donors (Lipinski definition) is 1. The fourth-order valence-electron chi connectivity index (χ4n) is 2.98. The minimum absolute atomic E-state index is 0.0752. The number of carbonyl (C=O) groups excluding carboxylic acids is 1. The van der Waals surface area contributed by atoms with Crippen molar-refractivity contribution in [1.82, 2.24) is 0 Å². The Bertz CT molecular complexity index is 737. The second-order valence-corrected chi connectivity index (χ2v) is 5.23. The van der Waals surface area contributed by atoms with E-state index in [4.69, 9.17) is 14.2 Å². The molecule has 2 aromatic carbocycles. The van der Waals surface area contributed by atoms with Crippen LogP contribution in [0.5, 0.6) is 11.5 Å². The molecule has 5 nitrogen and oxygen atoms in total. The molecule has 0 saturated carbocycles. The molecule has 2 atom stereocenters. The van der Waals surface area contributed by atoms with Crippen LogP contribution in [0.1, 0.15) is 35.7 Å². The van der Waals surface area contributed by atoms with E-state index in [0.717, 1.165) is 5.39 Å². The van der Waals surface area contributed by atoms with Crippen LogP contribution >= 0.6 is 0 Å². The predicted octanol–water partition coefficient (Wildman–Crippen LogP) is 3.19. The fourth-order valence-corrected chi connectivity index (χ4v) is 2.98. The number of ether oxygens (including phenoxy) is 3. The van der Waals surface area contributed by atoms with Gasteiger partial charge >= 0.3 is 5.97 Å². The van der Waals surface area contributed by atoms with E-state index in [9.17, 15) is 9.90 Å². The van der Waals surface area contributed by atoms with Gasteiger partial charge in [-0.3, -0.25) is 0 Å². The number of carbonyl (C=O) groups is 1. The monoisotopic (exact) mass is 302 g/mol. The number of esters is 1. The van der Waals surface area contributed by atoms with Crippen LogP contribution in [0.15, 0.2) is 24.3 Å². The van der Waals surface area contributed by atoms with Crippen LogP contribution in [-0.4, -0.2) is 31.1 Å². The van der Waals surface area contributed by atoms with Crippen LogP contribution < -0.4 is 4.74 Å². The average Bonchev–Trinajstić information content (AvgIpc) is 2.85. The number of hydrogen-bond acceptors (Lipinski definition) is 5. The van der Waals surface area contributed by atoms with Crippen molar-refractivity contribution in [2.24, 2.45) is 0 Å². The molecule has 0 unspecified atom stereocenters. The first kappa shape index (κ1) is 14.7. The third-order valence-electron chi connectivity index (χ3n) is 4.00. The van der Waals surface area contributed by atoms with E-state index >= 15 is 0 Å². The Labute approximate surface area is 128 Å². The molecule has 0 aliphatic carbocycles. The summed E-state index contributed by atoms with van der Waals surface area (Å²) < 4.78 is 16.4. The van der Waals surface area contributed by atoms with E-state index in [1.54, 1.807) is 12.1 Å². The molecule has 116 valence electrons. The Morgan fingerprint density at radius 1 is 1.32 bits per heavy atom. The lowest BCUT2D eigenvalue weighted by Crippen LogP contribution is -2.21. The van der Waals surface area contributed by atoms with Gasteiger partial charge in [-0.2, -0.15) is 0 Å². The van der Waals surface area contributed by atoms with E-state index in [1.807, 2.05) is 26.0 Å². The first-order chi connectivity index (χ1) is 10.6. The zero-order chi connectivity index (χ0) is 15.9. The molecular formula is C17H18O5. The number of methoxy groups -OCH3 is 1. The molecule has 0 aromatic heterocycles. The second kappa shape index (κ2) is 5.50. The number of fused-ring (bicyclic) bond motifs is 3. The average molecular weight is 302 g/mol. The van der Waals surface area contributed by atoms with Crippen molar-refractivity contribution in [2.75, 3.05) is 13.7 Å². The molecule has 1 heterocycles. The highest BCUT2D eigenvalue weighted by atomic mass is 16.7. The van der Waals surface area contributed by atoms with Gasteiger partial charge in [0.15, 0.2) is 0 Å². The SMILES string of the molecule is CCO[C@H]1Oc2c(c(C(=O)OC)c(O)c3ccccc23)[C@H]1C. The molecule has 2 aromatic rings. The summed E-state index contributed by atoms with van der Waals surface area (Å²) in [4.78, 5) is 12.2. The van der Waals surface area contributed by atoms with Gasteiger partial charge in [0.1, 0.15) is 17.1 Å². The zero-order valence-corrected chi connectivity index (χ0v) is 12.8. The van der Waals surface area contributed by atoms with E-state index in [1.165, 1.54) is 7.11 Å². The summed E-state index contributed by atoms with van der Waals surface area (Å²) in [5, 5.41) is 11.9. The second-order valence-electron chi connectivity index (χ2n) is 5.23. The van der Waals surface area contributed by atoms with E-state index in [0.29, 0.717) is 23.3 Å². The molecule has 0 radical (unpaired) electrons. The summed E-state index contributed by atoms with van der Waals surface area (Å²) in [6.07, 6.45) is -0.478. The minimum atomic E-state index is -0.577. The van der Waals surface area contributed by atoms with Gasteiger partial charge in [-0.05, 0) is 6.92 Å². The van der Waals surface area contributed by atoms with E-state index in [-0.39, 0.29) is 17.2 Å². The third-order valence-corrected chi connectivity index (χ3v) is 4.00. The molecule has 0 amide bonds. The summed E-state index contributed by atoms with van der Waals surface area (Å²) in [5.74, 6) is -0.250. The van der Waals surface area contributed by atoms with E-state index < -0.39 is 12.3 Å². The van der Waals surface area contributed by atoms with E-state index in [2.05, 4.69) is 0 Å². The lowest BCUT2D eigenvalue weighted by atomic mass is 9.91. The first-order valence-corrected chi connectivity index (χ1v) is 7.24. The molecule has 0 fully saturated rings. The quantitative estimate of drug-likeness (QED) is 0.882. The highest BCUT2D eigenvalue weighted by Crippen LogP contribution is 2.49. The fraction of sp³-hybridized carbons (Fsp3) is 0.353. The van der Waals surface area contributed by atoms with Crippen molar-refractivity contribution in [3.8, 4) is 11.5 Å². The normalized spacial score (nSPS) is 19.8. The molecule has 0 saturated heterocycles. The number of rotatable bonds is 3. The number of benzene rings is 2. The zero-order valence-electron chi connectivity index (χ0n) is 12.8. The van der Waals surface area contributed by atoms with Crippen molar-refractivity contribution in [3.63, 3.8) is 0 Å². The Morgan fingerprint density at radius 2 is 2.00 bits per heavy atom. The van der Waals surface area contributed by atoms with Gasteiger partial charge in [0.2, 0.25) is 6.29 Å². The van der Waals surface area contributed by atoms with Crippen LogP contribution in [-0.2, 0) is 9.47 Å². The lowest BCUT2D eigenvalue weighted by molar-refractivity contribution is -0.0728. The molecule has 1 aliphatic heterocycles. The van der Waals surface area contributed by atoms with Crippen molar-refractivity contribution in [2.45, 2.75) is 26.1 Å². The molecule has 3 rings (SSSR count). The molecule has 0 bridgehead atoms. The van der Waals surface area contributed by atoms with Gasteiger partial charge in [-0.1, -0.05) is 31.2 Å². The van der Waals surface area contributed by atoms with Gasteiger partial charge < -0.3 is 19.3 Å². The Balaban J connectivity index is 2.32. The largest absolute Gasteiger partial charge is 0.506 e. The third kappa shape index (κ3) is 2.01. The van der Waals surface area contributed by atoms with Crippen molar-refractivity contribution in [3.05, 3.63) is 35.4 Å². The maximum atomic E-state index is 12.2. The summed E-state index contributed by atoms with van der Waals surface area (Å²) in [7, 11) is 1.30. The molecule has 0 spiro atoms.